The number of rotatable bonds is 7. The van der Waals surface area contributed by atoms with Gasteiger partial charge < -0.3 is 0 Å². The molecular formula is C59H43N3. The van der Waals surface area contributed by atoms with Crippen molar-refractivity contribution < 1.29 is 0 Å². The molecule has 1 fully saturated rings. The van der Waals surface area contributed by atoms with E-state index in [1.165, 1.54) is 74.9 Å². The van der Waals surface area contributed by atoms with E-state index >= 15 is 0 Å². The molecule has 62 heavy (non-hydrogen) atoms. The predicted octanol–water partition coefficient (Wildman–Crippen LogP) is 15.2. The Morgan fingerprint density at radius 1 is 0.371 bits per heavy atom. The smallest absolute Gasteiger partial charge is 0.160 e. The number of hydrogen-bond acceptors (Lipinski definition) is 3. The van der Waals surface area contributed by atoms with Crippen molar-refractivity contribution in [3.8, 4) is 95.6 Å². The van der Waals surface area contributed by atoms with E-state index in [1.807, 2.05) is 30.3 Å². The molecule has 294 valence electrons. The molecule has 1 heterocycles. The Morgan fingerprint density at radius 2 is 0.871 bits per heavy atom. The van der Waals surface area contributed by atoms with Gasteiger partial charge in [0.15, 0.2) is 5.82 Å². The zero-order valence-electron chi connectivity index (χ0n) is 34.4. The standard InChI is InChI=1S/C59H43N3/c60-39-40-20-33-52-54(36-40)59(34-8-3-9-35-59)53-19-11-18-51(57(52)53)45-27-21-43(22-28-45)49-16-10-17-50(37-49)44-25-31-47(32-26-44)56-38-55(61-58(62-56)48-14-6-2-7-15-48)46-29-23-42(24-30-46)41-12-4-1-5-13-41/h1-2,4-7,10-33,36-38H,3,8-9,34-35H2. The maximum absolute atomic E-state index is 9.82. The molecule has 8 aromatic carbocycles. The van der Waals surface area contributed by atoms with Gasteiger partial charge in [-0.3, -0.25) is 0 Å². The van der Waals surface area contributed by atoms with Crippen molar-refractivity contribution in [2.24, 2.45) is 0 Å². The van der Waals surface area contributed by atoms with Crippen LogP contribution in [0.5, 0.6) is 0 Å². The van der Waals surface area contributed by atoms with Crippen molar-refractivity contribution in [2.45, 2.75) is 37.5 Å². The first-order chi connectivity index (χ1) is 30.6. The highest BCUT2D eigenvalue weighted by atomic mass is 14.9. The first-order valence-electron chi connectivity index (χ1n) is 21.7. The van der Waals surface area contributed by atoms with Crippen molar-refractivity contribution in [1.29, 1.82) is 5.26 Å². The largest absolute Gasteiger partial charge is 0.228 e. The van der Waals surface area contributed by atoms with Crippen LogP contribution in [0.15, 0.2) is 200 Å². The molecular weight excluding hydrogens is 751 g/mol. The lowest BCUT2D eigenvalue weighted by molar-refractivity contribution is 0.353. The quantitative estimate of drug-likeness (QED) is 0.161. The molecule has 1 saturated carbocycles. The summed E-state index contributed by atoms with van der Waals surface area (Å²) in [5.41, 5.74) is 20.6. The number of benzene rings is 8. The first-order valence-corrected chi connectivity index (χ1v) is 21.7. The van der Waals surface area contributed by atoms with E-state index in [9.17, 15) is 5.26 Å². The molecule has 11 rings (SSSR count). The van der Waals surface area contributed by atoms with Gasteiger partial charge >= 0.3 is 0 Å². The normalized spacial score (nSPS) is 13.6. The molecule has 0 radical (unpaired) electrons. The van der Waals surface area contributed by atoms with Crippen molar-refractivity contribution in [2.75, 3.05) is 0 Å². The van der Waals surface area contributed by atoms with Crippen LogP contribution in [0.1, 0.15) is 48.8 Å². The van der Waals surface area contributed by atoms with E-state index in [4.69, 9.17) is 9.97 Å². The third-order valence-electron chi connectivity index (χ3n) is 13.2. The van der Waals surface area contributed by atoms with Crippen LogP contribution < -0.4 is 0 Å². The van der Waals surface area contributed by atoms with Crippen LogP contribution in [0, 0.1) is 11.3 Å². The van der Waals surface area contributed by atoms with Gasteiger partial charge in [0.05, 0.1) is 23.0 Å². The number of nitriles is 1. The Morgan fingerprint density at radius 3 is 1.47 bits per heavy atom. The van der Waals surface area contributed by atoms with Crippen LogP contribution in [-0.4, -0.2) is 9.97 Å². The van der Waals surface area contributed by atoms with E-state index in [2.05, 4.69) is 176 Å². The third kappa shape index (κ3) is 6.71. The lowest BCUT2D eigenvalue weighted by Crippen LogP contribution is -2.28. The van der Waals surface area contributed by atoms with E-state index < -0.39 is 0 Å². The summed E-state index contributed by atoms with van der Waals surface area (Å²) in [5.74, 6) is 0.705. The Bertz CT molecular complexity index is 3120. The fourth-order valence-corrected chi connectivity index (χ4v) is 10.0. The van der Waals surface area contributed by atoms with Crippen molar-refractivity contribution in [3.63, 3.8) is 0 Å². The Balaban J connectivity index is 0.884. The van der Waals surface area contributed by atoms with Gasteiger partial charge in [0.2, 0.25) is 0 Å². The molecule has 1 aromatic heterocycles. The first kappa shape index (κ1) is 37.3. The Kier molecular flexibility index (Phi) is 9.48. The van der Waals surface area contributed by atoms with Crippen molar-refractivity contribution in [1.82, 2.24) is 9.97 Å². The zero-order valence-corrected chi connectivity index (χ0v) is 34.4. The fraction of sp³-hybridized carbons (Fsp3) is 0.102. The topological polar surface area (TPSA) is 49.6 Å². The molecule has 3 nitrogen and oxygen atoms in total. The van der Waals surface area contributed by atoms with Crippen LogP contribution >= 0.6 is 0 Å². The van der Waals surface area contributed by atoms with Crippen LogP contribution in [0.2, 0.25) is 0 Å². The minimum atomic E-state index is 0.00310. The van der Waals surface area contributed by atoms with Crippen molar-refractivity contribution in [3.05, 3.63) is 217 Å². The molecule has 2 aliphatic rings. The second kappa shape index (κ2) is 15.7. The van der Waals surface area contributed by atoms with E-state index in [0.29, 0.717) is 5.82 Å². The average molecular weight is 794 g/mol. The molecule has 0 N–H and O–H groups in total. The molecule has 3 heteroatoms. The highest BCUT2D eigenvalue weighted by Gasteiger charge is 2.44. The number of hydrogen-bond donors (Lipinski definition) is 0. The molecule has 0 amide bonds. The minimum Gasteiger partial charge on any atom is -0.228 e. The second-order valence-electron chi connectivity index (χ2n) is 16.8. The SMILES string of the molecule is N#Cc1ccc2c(c1)C1(CCCCC1)c1cccc(-c3ccc(-c4cccc(-c5ccc(-c6cc(-c7ccc(-c8ccccc8)cc7)nc(-c7ccccc7)n6)cc5)c4)cc3)c1-2. The van der Waals surface area contributed by atoms with Gasteiger partial charge in [-0.05, 0) is 104 Å². The van der Waals surface area contributed by atoms with E-state index in [0.717, 1.165) is 57.6 Å². The predicted molar refractivity (Wildman–Crippen MR) is 254 cm³/mol. The summed E-state index contributed by atoms with van der Waals surface area (Å²) >= 11 is 0. The van der Waals surface area contributed by atoms with Crippen LogP contribution in [0.4, 0.5) is 0 Å². The summed E-state index contributed by atoms with van der Waals surface area (Å²) in [6.07, 6.45) is 6.02. The average Bonchev–Trinajstić information content (AvgIpc) is 3.62. The van der Waals surface area contributed by atoms with E-state index in [1.54, 1.807) is 0 Å². The van der Waals surface area contributed by atoms with Crippen molar-refractivity contribution >= 4 is 0 Å². The number of aromatic nitrogens is 2. The number of nitrogens with zero attached hydrogens (tertiary/aromatic N) is 3. The maximum Gasteiger partial charge on any atom is 0.160 e. The van der Waals surface area contributed by atoms with Gasteiger partial charge in [0.1, 0.15) is 0 Å². The minimum absolute atomic E-state index is 0.00310. The summed E-state index contributed by atoms with van der Waals surface area (Å²) in [7, 11) is 0. The van der Waals surface area contributed by atoms with Gasteiger partial charge in [-0.25, -0.2) is 9.97 Å². The summed E-state index contributed by atoms with van der Waals surface area (Å²) in [4.78, 5) is 10.1. The van der Waals surface area contributed by atoms with Gasteiger partial charge in [-0.15, -0.1) is 0 Å². The molecule has 0 saturated heterocycles. The maximum atomic E-state index is 9.82. The third-order valence-corrected chi connectivity index (χ3v) is 13.2. The second-order valence-corrected chi connectivity index (χ2v) is 16.8. The highest BCUT2D eigenvalue weighted by Crippen LogP contribution is 2.58. The Hall–Kier alpha value is -7.67. The summed E-state index contributed by atoms with van der Waals surface area (Å²) < 4.78 is 0. The molecule has 0 bridgehead atoms. The van der Waals surface area contributed by atoms with E-state index in [-0.39, 0.29) is 5.41 Å². The van der Waals surface area contributed by atoms with Gasteiger partial charge in [0.25, 0.3) is 0 Å². The van der Waals surface area contributed by atoms with Crippen LogP contribution in [-0.2, 0) is 5.41 Å². The molecule has 1 spiro atoms. The molecule has 0 atom stereocenters. The van der Waals surface area contributed by atoms with Gasteiger partial charge in [-0.2, -0.15) is 5.26 Å². The molecule has 0 unspecified atom stereocenters. The van der Waals surface area contributed by atoms with Crippen LogP contribution in [0.25, 0.3) is 89.5 Å². The zero-order chi connectivity index (χ0) is 41.5. The molecule has 0 aliphatic heterocycles. The number of fused-ring (bicyclic) bond motifs is 5. The summed E-state index contributed by atoms with van der Waals surface area (Å²) in [6, 6.07) is 73.7. The highest BCUT2D eigenvalue weighted by molar-refractivity contribution is 5.93. The lowest BCUT2D eigenvalue weighted by atomic mass is 9.67. The molecule has 9 aromatic rings. The summed E-state index contributed by atoms with van der Waals surface area (Å²) in [5, 5.41) is 9.82. The summed E-state index contributed by atoms with van der Waals surface area (Å²) in [6.45, 7) is 0. The molecule has 2 aliphatic carbocycles. The van der Waals surface area contributed by atoms with Crippen LogP contribution in [0.3, 0.4) is 0 Å². The monoisotopic (exact) mass is 793 g/mol. The van der Waals surface area contributed by atoms with Gasteiger partial charge in [-0.1, -0.05) is 195 Å². The Labute approximate surface area is 363 Å². The fourth-order valence-electron chi connectivity index (χ4n) is 10.0. The van der Waals surface area contributed by atoms with Gasteiger partial charge in [0, 0.05) is 22.1 Å². The lowest BCUT2D eigenvalue weighted by Gasteiger charge is -2.36.